The third-order valence-electron chi connectivity index (χ3n) is 4.14. The smallest absolute Gasteiger partial charge is 0.243 e. The van der Waals surface area contributed by atoms with Crippen LogP contribution in [0.25, 0.3) is 0 Å². The van der Waals surface area contributed by atoms with Crippen molar-refractivity contribution in [3.8, 4) is 0 Å². The largest absolute Gasteiger partial charge is 0.245 e. The topological polar surface area (TPSA) is 50.2 Å². The molecule has 0 aliphatic heterocycles. The lowest BCUT2D eigenvalue weighted by Gasteiger charge is -2.12. The summed E-state index contributed by atoms with van der Waals surface area (Å²) >= 11 is 0. The Morgan fingerprint density at radius 1 is 1.04 bits per heavy atom. The predicted molar refractivity (Wildman–Crippen MR) is 106 cm³/mol. The maximum atomic E-state index is 4.60. The molecular formula is C21H30N4. The first-order chi connectivity index (χ1) is 12.0. The van der Waals surface area contributed by atoms with E-state index in [1.54, 1.807) is 0 Å². The van der Waals surface area contributed by atoms with Crippen LogP contribution in [0.15, 0.2) is 35.4 Å². The Bertz CT molecular complexity index is 695. The summed E-state index contributed by atoms with van der Waals surface area (Å²) in [6, 6.07) is 10.5. The minimum atomic E-state index is 0.460. The van der Waals surface area contributed by atoms with Gasteiger partial charge in [-0.25, -0.2) is 15.4 Å². The molecule has 2 aromatic rings. The number of nitrogens with one attached hydrogen (secondary N) is 1. The van der Waals surface area contributed by atoms with Crippen LogP contribution in [-0.2, 0) is 12.8 Å². The summed E-state index contributed by atoms with van der Waals surface area (Å²) in [6.07, 6.45) is 4.08. The lowest BCUT2D eigenvalue weighted by molar-refractivity contribution is 0.830. The molecule has 4 heteroatoms. The fourth-order valence-corrected chi connectivity index (χ4v) is 2.90. The van der Waals surface area contributed by atoms with Crippen LogP contribution < -0.4 is 5.43 Å². The molecule has 0 radical (unpaired) electrons. The van der Waals surface area contributed by atoms with Crippen molar-refractivity contribution in [2.45, 2.75) is 66.2 Å². The van der Waals surface area contributed by atoms with Gasteiger partial charge in [-0.2, -0.15) is 5.10 Å². The normalized spacial score (nSPS) is 11.8. The minimum absolute atomic E-state index is 0.460. The first kappa shape index (κ1) is 19.1. The van der Waals surface area contributed by atoms with E-state index in [4.69, 9.17) is 0 Å². The van der Waals surface area contributed by atoms with Crippen molar-refractivity contribution in [3.05, 3.63) is 52.8 Å². The molecule has 0 aliphatic rings. The van der Waals surface area contributed by atoms with Crippen molar-refractivity contribution < 1.29 is 0 Å². The monoisotopic (exact) mass is 338 g/mol. The molecule has 0 unspecified atom stereocenters. The highest BCUT2D eigenvalue weighted by atomic mass is 15.4. The minimum Gasteiger partial charge on any atom is -0.245 e. The van der Waals surface area contributed by atoms with E-state index < -0.39 is 0 Å². The third kappa shape index (κ3) is 5.38. The molecule has 4 nitrogen and oxygen atoms in total. The standard InChI is InChI=1S/C21H30N4/c1-6-10-17-14-18(11-7-2)23-21(22-17)25-24-16(5)20-13-9-8-12-19(20)15(3)4/h8-9,12-15H,6-7,10-11H2,1-5H3,(H,22,23,25). The molecule has 0 saturated carbocycles. The summed E-state index contributed by atoms with van der Waals surface area (Å²) in [6.45, 7) is 10.8. The van der Waals surface area contributed by atoms with Crippen LogP contribution in [0.1, 0.15) is 75.9 Å². The highest BCUT2D eigenvalue weighted by Crippen LogP contribution is 2.20. The van der Waals surface area contributed by atoms with Crippen molar-refractivity contribution in [3.63, 3.8) is 0 Å². The van der Waals surface area contributed by atoms with Gasteiger partial charge in [0.2, 0.25) is 5.95 Å². The van der Waals surface area contributed by atoms with E-state index in [0.717, 1.165) is 42.8 Å². The first-order valence-electron chi connectivity index (χ1n) is 9.31. The highest BCUT2D eigenvalue weighted by molar-refractivity contribution is 6.00. The van der Waals surface area contributed by atoms with Crippen LogP contribution in [0.2, 0.25) is 0 Å². The number of hydrogen-bond donors (Lipinski definition) is 1. The molecular weight excluding hydrogens is 308 g/mol. The summed E-state index contributed by atoms with van der Waals surface area (Å²) in [5.74, 6) is 1.05. The van der Waals surface area contributed by atoms with E-state index in [0.29, 0.717) is 11.9 Å². The Morgan fingerprint density at radius 2 is 1.64 bits per heavy atom. The highest BCUT2D eigenvalue weighted by Gasteiger charge is 2.09. The molecule has 0 amide bonds. The second kappa shape index (κ2) is 9.30. The molecule has 1 heterocycles. The number of nitrogens with zero attached hydrogens (tertiary/aromatic N) is 3. The van der Waals surface area contributed by atoms with Crippen LogP contribution in [0.5, 0.6) is 0 Å². The number of anilines is 1. The summed E-state index contributed by atoms with van der Waals surface area (Å²) in [4.78, 5) is 9.20. The van der Waals surface area contributed by atoms with Gasteiger partial charge in [0.05, 0.1) is 5.71 Å². The molecule has 1 aromatic heterocycles. The third-order valence-corrected chi connectivity index (χ3v) is 4.14. The lowest BCUT2D eigenvalue weighted by Crippen LogP contribution is -2.08. The molecule has 0 aliphatic carbocycles. The maximum absolute atomic E-state index is 4.60. The van der Waals surface area contributed by atoms with Gasteiger partial charge in [-0.1, -0.05) is 64.8 Å². The average molecular weight is 338 g/mol. The van der Waals surface area contributed by atoms with Gasteiger partial charge in [0.15, 0.2) is 0 Å². The first-order valence-corrected chi connectivity index (χ1v) is 9.31. The quantitative estimate of drug-likeness (QED) is 0.522. The second-order valence-electron chi connectivity index (χ2n) is 6.73. The molecule has 0 spiro atoms. The Hall–Kier alpha value is -2.23. The van der Waals surface area contributed by atoms with Crippen LogP contribution in [0.4, 0.5) is 5.95 Å². The van der Waals surface area contributed by atoms with Gasteiger partial charge in [0.25, 0.3) is 0 Å². The van der Waals surface area contributed by atoms with Crippen molar-refractivity contribution in [1.29, 1.82) is 0 Å². The lowest BCUT2D eigenvalue weighted by atomic mass is 9.95. The molecule has 2 rings (SSSR count). The number of hydrogen-bond acceptors (Lipinski definition) is 4. The van der Waals surface area contributed by atoms with Crippen molar-refractivity contribution >= 4 is 11.7 Å². The molecule has 1 N–H and O–H groups in total. The number of aromatic nitrogens is 2. The molecule has 0 bridgehead atoms. The van der Waals surface area contributed by atoms with E-state index in [1.165, 1.54) is 11.1 Å². The van der Waals surface area contributed by atoms with E-state index in [-0.39, 0.29) is 0 Å². The summed E-state index contributed by atoms with van der Waals surface area (Å²) in [5, 5.41) is 4.55. The van der Waals surface area contributed by atoms with Crippen molar-refractivity contribution in [2.24, 2.45) is 5.10 Å². The van der Waals surface area contributed by atoms with E-state index in [2.05, 4.69) is 78.5 Å². The Kier molecular flexibility index (Phi) is 7.11. The van der Waals surface area contributed by atoms with Gasteiger partial charge < -0.3 is 0 Å². The Labute approximate surface area is 151 Å². The molecule has 0 saturated heterocycles. The number of rotatable bonds is 8. The summed E-state index contributed by atoms with van der Waals surface area (Å²) in [5.41, 5.74) is 8.66. The summed E-state index contributed by atoms with van der Waals surface area (Å²) in [7, 11) is 0. The second-order valence-corrected chi connectivity index (χ2v) is 6.73. The van der Waals surface area contributed by atoms with Crippen LogP contribution in [0, 0.1) is 0 Å². The van der Waals surface area contributed by atoms with Gasteiger partial charge in [0.1, 0.15) is 0 Å². The zero-order valence-corrected chi connectivity index (χ0v) is 16.1. The molecule has 1 aromatic carbocycles. The Balaban J connectivity index is 2.25. The van der Waals surface area contributed by atoms with Gasteiger partial charge in [-0.15, -0.1) is 0 Å². The predicted octanol–water partition coefficient (Wildman–Crippen LogP) is 5.34. The SMILES string of the molecule is CCCc1cc(CCC)nc(NN=C(C)c2ccccc2C(C)C)n1. The zero-order valence-electron chi connectivity index (χ0n) is 16.1. The molecule has 134 valence electrons. The van der Waals surface area contributed by atoms with E-state index >= 15 is 0 Å². The number of hydrazone groups is 1. The van der Waals surface area contributed by atoms with Gasteiger partial charge in [-0.3, -0.25) is 0 Å². The van der Waals surface area contributed by atoms with E-state index in [1.807, 2.05) is 6.92 Å². The fourth-order valence-electron chi connectivity index (χ4n) is 2.90. The van der Waals surface area contributed by atoms with Crippen molar-refractivity contribution in [1.82, 2.24) is 9.97 Å². The van der Waals surface area contributed by atoms with Crippen LogP contribution in [0.3, 0.4) is 0 Å². The molecule has 0 fully saturated rings. The van der Waals surface area contributed by atoms with Crippen molar-refractivity contribution in [2.75, 3.05) is 5.43 Å². The maximum Gasteiger partial charge on any atom is 0.243 e. The Morgan fingerprint density at radius 3 is 2.20 bits per heavy atom. The molecule has 0 atom stereocenters. The van der Waals surface area contributed by atoms with Gasteiger partial charge in [-0.05, 0) is 37.3 Å². The fraction of sp³-hybridized carbons (Fsp3) is 0.476. The van der Waals surface area contributed by atoms with Gasteiger partial charge in [0, 0.05) is 17.0 Å². The zero-order chi connectivity index (χ0) is 18.2. The van der Waals surface area contributed by atoms with Gasteiger partial charge >= 0.3 is 0 Å². The van der Waals surface area contributed by atoms with E-state index in [9.17, 15) is 0 Å². The summed E-state index contributed by atoms with van der Waals surface area (Å²) < 4.78 is 0. The van der Waals surface area contributed by atoms with Crippen LogP contribution >= 0.6 is 0 Å². The van der Waals surface area contributed by atoms with Crippen LogP contribution in [-0.4, -0.2) is 15.7 Å². The molecule has 25 heavy (non-hydrogen) atoms. The average Bonchev–Trinajstić information content (AvgIpc) is 2.60. The number of aryl methyl sites for hydroxylation is 2. The number of benzene rings is 1.